The van der Waals surface area contributed by atoms with Crippen molar-refractivity contribution in [2.75, 3.05) is 14.7 Å². The maximum absolute atomic E-state index is 6.46. The van der Waals surface area contributed by atoms with E-state index >= 15 is 0 Å². The molecule has 0 spiro atoms. The van der Waals surface area contributed by atoms with Gasteiger partial charge in [-0.2, -0.15) is 0 Å². The van der Waals surface area contributed by atoms with Crippen molar-refractivity contribution in [3.63, 3.8) is 0 Å². The minimum Gasteiger partial charge on any atom is -0.456 e. The van der Waals surface area contributed by atoms with Crippen LogP contribution in [0.25, 0.3) is 54.6 Å². The summed E-state index contributed by atoms with van der Waals surface area (Å²) in [5, 5.41) is 7.10. The summed E-state index contributed by atoms with van der Waals surface area (Å²) in [7, 11) is 0. The molecule has 376 valence electrons. The van der Waals surface area contributed by atoms with Gasteiger partial charge in [0.25, 0.3) is 6.71 Å². The van der Waals surface area contributed by atoms with Gasteiger partial charge in [0.2, 0.25) is 0 Å². The second kappa shape index (κ2) is 16.6. The first-order valence-electron chi connectivity index (χ1n) is 27.7. The molecule has 0 N–H and O–H groups in total. The van der Waals surface area contributed by atoms with Crippen LogP contribution in [0.1, 0.15) is 77.6 Å². The summed E-state index contributed by atoms with van der Waals surface area (Å²) in [6.45, 7) is 18.5. The molecular formula is C73H60BN3O. The third kappa shape index (κ3) is 6.93. The van der Waals surface area contributed by atoms with E-state index < -0.39 is 0 Å². The first kappa shape index (κ1) is 46.5. The molecule has 0 fully saturated rings. The maximum Gasteiger partial charge on any atom is 0.252 e. The molecule has 4 nitrogen and oxygen atoms in total. The Morgan fingerprint density at radius 2 is 0.936 bits per heavy atom. The minimum atomic E-state index is -0.176. The van der Waals surface area contributed by atoms with Gasteiger partial charge in [-0.25, -0.2) is 0 Å². The number of rotatable bonds is 5. The van der Waals surface area contributed by atoms with Crippen LogP contribution in [-0.4, -0.2) is 6.71 Å². The van der Waals surface area contributed by atoms with Gasteiger partial charge in [0, 0.05) is 67.4 Å². The molecule has 3 aliphatic rings. The van der Waals surface area contributed by atoms with Crippen LogP contribution in [0.2, 0.25) is 0 Å². The van der Waals surface area contributed by atoms with E-state index in [1.54, 1.807) is 0 Å². The van der Waals surface area contributed by atoms with Crippen molar-refractivity contribution < 1.29 is 4.42 Å². The number of benzene rings is 11. The van der Waals surface area contributed by atoms with E-state index in [2.05, 4.69) is 282 Å². The van der Waals surface area contributed by atoms with Crippen LogP contribution in [0.5, 0.6) is 0 Å². The SMILES string of the molecule is CC(C)(C)c1ccc(N2c3cc(N(c4ccc5ccc6ccccc6c5c4)c4ccc5oc6ccccc6c5c4)ccc3B3c4cc5c(cc4N(c4ccc(C(C)(C)C)cc4)c4cccc2c43)C(C)(C)c2ccccc2-5)cc1. The molecule has 0 unspecified atom stereocenters. The van der Waals surface area contributed by atoms with E-state index in [9.17, 15) is 0 Å². The number of furan rings is 1. The predicted molar refractivity (Wildman–Crippen MR) is 332 cm³/mol. The van der Waals surface area contributed by atoms with Gasteiger partial charge in [-0.15, -0.1) is 0 Å². The minimum absolute atomic E-state index is 0.00416. The van der Waals surface area contributed by atoms with Crippen molar-refractivity contribution >= 4 is 118 Å². The predicted octanol–water partition coefficient (Wildman–Crippen LogP) is 18.3. The van der Waals surface area contributed by atoms with Crippen LogP contribution in [0, 0.1) is 0 Å². The number of para-hydroxylation sites is 1. The van der Waals surface area contributed by atoms with Gasteiger partial charge in [-0.3, -0.25) is 0 Å². The summed E-state index contributed by atoms with van der Waals surface area (Å²) in [5.41, 5.74) is 23.8. The fourth-order valence-corrected chi connectivity index (χ4v) is 13.5. The zero-order chi connectivity index (χ0) is 53.0. The Balaban J connectivity index is 1.01. The molecule has 0 bridgehead atoms. The lowest BCUT2D eigenvalue weighted by Gasteiger charge is -2.45. The smallest absolute Gasteiger partial charge is 0.252 e. The zero-order valence-corrected chi connectivity index (χ0v) is 45.6. The lowest BCUT2D eigenvalue weighted by atomic mass is 9.33. The largest absolute Gasteiger partial charge is 0.456 e. The first-order valence-corrected chi connectivity index (χ1v) is 27.7. The molecule has 78 heavy (non-hydrogen) atoms. The lowest BCUT2D eigenvalue weighted by Crippen LogP contribution is -2.61. The highest BCUT2D eigenvalue weighted by molar-refractivity contribution is 7.00. The van der Waals surface area contributed by atoms with Crippen LogP contribution >= 0.6 is 0 Å². The van der Waals surface area contributed by atoms with Crippen LogP contribution in [0.4, 0.5) is 51.2 Å². The standard InChI is InChI=1S/C73H60BN3O/c1-71(2,3)47-27-32-49(33-28-47)76-64-21-15-22-65-70(64)74(63-43-58-55-18-11-13-20-60(55)73(7,8)61(58)44-67(63)77(65)50-34-29-48(30-35-50)72(4,5)6)62-38-36-53(42-66(62)76)75(52-37-39-69-59(41-52)56-19-12-14-23-68(56)78-69)51-31-26-46-25-24-45-16-9-10-17-54(45)57(46)40-51/h9-44H,1-8H3. The Morgan fingerprint density at radius 1 is 0.397 bits per heavy atom. The Morgan fingerprint density at radius 3 is 1.63 bits per heavy atom. The fraction of sp³-hybridized carbons (Fsp3) is 0.151. The molecule has 0 atom stereocenters. The van der Waals surface area contributed by atoms with Gasteiger partial charge in [0.15, 0.2) is 0 Å². The van der Waals surface area contributed by atoms with Gasteiger partial charge in [0.05, 0.1) is 0 Å². The summed E-state index contributed by atoms with van der Waals surface area (Å²) in [6, 6.07) is 82.5. The monoisotopic (exact) mass is 1010 g/mol. The summed E-state index contributed by atoms with van der Waals surface area (Å²) in [6.07, 6.45) is 0. The highest BCUT2D eigenvalue weighted by atomic mass is 16.3. The quantitative estimate of drug-likeness (QED) is 0.127. The molecular weight excluding hydrogens is 946 g/mol. The average Bonchev–Trinajstić information content (AvgIpc) is 3.99. The van der Waals surface area contributed by atoms with Crippen molar-refractivity contribution in [1.29, 1.82) is 0 Å². The maximum atomic E-state index is 6.46. The normalized spacial score (nSPS) is 14.2. The highest BCUT2D eigenvalue weighted by Gasteiger charge is 2.46. The van der Waals surface area contributed by atoms with Gasteiger partial charge in [0.1, 0.15) is 11.2 Å². The van der Waals surface area contributed by atoms with Crippen molar-refractivity contribution in [1.82, 2.24) is 0 Å². The fourth-order valence-electron chi connectivity index (χ4n) is 13.5. The lowest BCUT2D eigenvalue weighted by molar-refractivity contribution is 0.590. The van der Waals surface area contributed by atoms with Gasteiger partial charge >= 0.3 is 0 Å². The van der Waals surface area contributed by atoms with Crippen LogP contribution in [0.15, 0.2) is 223 Å². The number of anilines is 9. The molecule has 0 radical (unpaired) electrons. The van der Waals surface area contributed by atoms with Gasteiger partial charge in [-0.05, 0) is 173 Å². The summed E-state index contributed by atoms with van der Waals surface area (Å²) >= 11 is 0. The van der Waals surface area contributed by atoms with E-state index in [1.165, 1.54) is 88.4 Å². The van der Waals surface area contributed by atoms with Crippen molar-refractivity contribution in [3.8, 4) is 11.1 Å². The molecule has 0 amide bonds. The molecule has 12 aromatic rings. The van der Waals surface area contributed by atoms with Crippen LogP contribution in [0.3, 0.4) is 0 Å². The Bertz CT molecular complexity index is 4460. The van der Waals surface area contributed by atoms with E-state index in [0.717, 1.165) is 56.1 Å². The molecule has 2 aliphatic heterocycles. The van der Waals surface area contributed by atoms with Crippen molar-refractivity contribution in [3.05, 3.63) is 241 Å². The molecule has 15 rings (SSSR count). The summed E-state index contributed by atoms with van der Waals surface area (Å²) in [4.78, 5) is 7.58. The summed E-state index contributed by atoms with van der Waals surface area (Å²) in [5.74, 6) is 0. The van der Waals surface area contributed by atoms with Crippen LogP contribution < -0.4 is 31.1 Å². The number of fused-ring (bicyclic) bond motifs is 13. The van der Waals surface area contributed by atoms with Crippen molar-refractivity contribution in [2.24, 2.45) is 0 Å². The third-order valence-corrected chi connectivity index (χ3v) is 17.5. The van der Waals surface area contributed by atoms with Crippen LogP contribution in [-0.2, 0) is 16.2 Å². The number of nitrogens with zero attached hydrogens (tertiary/aromatic N) is 3. The second-order valence-electron chi connectivity index (χ2n) is 24.6. The second-order valence-corrected chi connectivity index (χ2v) is 24.6. The average molecular weight is 1010 g/mol. The first-order chi connectivity index (χ1) is 37.7. The molecule has 0 saturated carbocycles. The van der Waals surface area contributed by atoms with Crippen molar-refractivity contribution in [2.45, 2.75) is 71.6 Å². The van der Waals surface area contributed by atoms with E-state index in [1.807, 2.05) is 6.07 Å². The summed E-state index contributed by atoms with van der Waals surface area (Å²) < 4.78 is 6.46. The Hall–Kier alpha value is -8.80. The molecule has 1 aliphatic carbocycles. The molecule has 0 saturated heterocycles. The van der Waals surface area contributed by atoms with E-state index in [0.29, 0.717) is 0 Å². The van der Waals surface area contributed by atoms with E-state index in [4.69, 9.17) is 4.42 Å². The molecule has 3 heterocycles. The zero-order valence-electron chi connectivity index (χ0n) is 45.6. The molecule has 5 heteroatoms. The molecule has 1 aromatic heterocycles. The number of hydrogen-bond donors (Lipinski definition) is 0. The van der Waals surface area contributed by atoms with Gasteiger partial charge in [-0.1, -0.05) is 183 Å². The third-order valence-electron chi connectivity index (χ3n) is 17.5. The topological polar surface area (TPSA) is 22.9 Å². The Kier molecular flexibility index (Phi) is 9.90. The Labute approximate surface area is 457 Å². The number of hydrogen-bond acceptors (Lipinski definition) is 4. The molecule has 11 aromatic carbocycles. The highest BCUT2D eigenvalue weighted by Crippen LogP contribution is 2.53. The van der Waals surface area contributed by atoms with Gasteiger partial charge < -0.3 is 19.1 Å². The van der Waals surface area contributed by atoms with E-state index in [-0.39, 0.29) is 23.0 Å².